The molecule has 27 rings (SSSR count). The fourth-order valence-electron chi connectivity index (χ4n) is 19.5. The lowest BCUT2D eigenvalue weighted by atomic mass is 10.1. The normalized spacial score (nSPS) is 10.5. The summed E-state index contributed by atoms with van der Waals surface area (Å²) in [5.74, 6) is 1.65. The monoisotopic (exact) mass is 1930 g/mol. The summed E-state index contributed by atoms with van der Waals surface area (Å²) in [6.07, 6.45) is 0. The first kappa shape index (κ1) is 108. The molecular formula is C135H144N12. The predicted octanol–water partition coefficient (Wildman–Crippen LogP) is 38.0. The van der Waals surface area contributed by atoms with Crippen LogP contribution in [0.15, 0.2) is 400 Å². The van der Waals surface area contributed by atoms with Gasteiger partial charge in [-0.1, -0.05) is 410 Å². The van der Waals surface area contributed by atoms with E-state index in [4.69, 9.17) is 24.9 Å². The van der Waals surface area contributed by atoms with Crippen LogP contribution in [-0.4, -0.2) is 57.3 Å². The highest BCUT2D eigenvalue weighted by Crippen LogP contribution is 2.39. The zero-order chi connectivity index (χ0) is 105. The van der Waals surface area contributed by atoms with Crippen LogP contribution >= 0.6 is 0 Å². The van der Waals surface area contributed by atoms with Gasteiger partial charge in [0.1, 0.15) is 11.6 Å². The van der Waals surface area contributed by atoms with Crippen LogP contribution in [-0.2, 0) is 40.8 Å². The lowest BCUT2D eigenvalue weighted by molar-refractivity contribution is 0.796. The van der Waals surface area contributed by atoms with E-state index in [-0.39, 0.29) is 0 Å². The fourth-order valence-corrected chi connectivity index (χ4v) is 19.5. The van der Waals surface area contributed by atoms with E-state index in [2.05, 4.69) is 425 Å². The molecule has 0 radical (unpaired) electrons. The molecule has 0 amide bonds. The molecule has 0 saturated carbocycles. The molecule has 0 bridgehead atoms. The Hall–Kier alpha value is -16.4. The Morgan fingerprint density at radius 1 is 0.163 bits per heavy atom. The maximum atomic E-state index is 4.94. The van der Waals surface area contributed by atoms with Gasteiger partial charge in [0.25, 0.3) is 0 Å². The van der Waals surface area contributed by atoms with Crippen molar-refractivity contribution in [2.45, 2.75) is 165 Å². The minimum Gasteiger partial charge on any atom is -0.344 e. The molecule has 0 fully saturated rings. The summed E-state index contributed by atoms with van der Waals surface area (Å²) in [5.41, 5.74) is 23.1. The lowest BCUT2D eigenvalue weighted by Gasteiger charge is -2.11. The minimum absolute atomic E-state index is 0.647. The highest BCUT2D eigenvalue weighted by atomic mass is 15.0. The number of aromatic nitrogens is 12. The van der Waals surface area contributed by atoms with Crippen LogP contribution in [0.1, 0.15) is 159 Å². The van der Waals surface area contributed by atoms with Crippen LogP contribution in [0, 0.1) is 20.8 Å². The van der Waals surface area contributed by atoms with Crippen molar-refractivity contribution < 1.29 is 0 Å². The van der Waals surface area contributed by atoms with Gasteiger partial charge in [0.2, 0.25) is 0 Å². The molecule has 744 valence electrons. The number of nitrogens with zero attached hydrogens (tertiary/aromatic N) is 12. The summed E-state index contributed by atoms with van der Waals surface area (Å²) in [7, 11) is 6.35. The van der Waals surface area contributed by atoms with E-state index in [1.165, 1.54) is 163 Å². The van der Waals surface area contributed by atoms with Gasteiger partial charge in [-0.2, -0.15) is 0 Å². The van der Waals surface area contributed by atoms with Gasteiger partial charge in [0, 0.05) is 152 Å². The van der Waals surface area contributed by atoms with Gasteiger partial charge in [-0.3, -0.25) is 0 Å². The number of aryl methyl sites for hydroxylation is 6. The van der Waals surface area contributed by atoms with Crippen molar-refractivity contribution in [3.8, 4) is 0 Å². The summed E-state index contributed by atoms with van der Waals surface area (Å²) < 4.78 is 13.8. The van der Waals surface area contributed by atoms with Crippen molar-refractivity contribution >= 4 is 196 Å². The summed E-state index contributed by atoms with van der Waals surface area (Å²) in [4.78, 5) is 28.8. The Morgan fingerprint density at radius 2 is 0.388 bits per heavy atom. The molecular weight excluding hydrogens is 1790 g/mol. The van der Waals surface area contributed by atoms with Crippen LogP contribution in [0.2, 0.25) is 0 Å². The highest BCUT2D eigenvalue weighted by molar-refractivity contribution is 6.17. The molecule has 9 aromatic heterocycles. The standard InChI is InChI=1S/3C26H19N3.3C13H11N.9C2H6/c1-17-24(28-23-12-6-5-11-22(23)27-17)16-29-25-13-7-4-10-20(25)21-14-18-8-2-3-9-19(18)15-26(21)29;1-17-27-23-12-6-4-11-21(23)24(28-17)16-29-25-13-7-5-10-20(25)22-14-18-8-2-3-9-19(18)15-26(22)29;1-17-20-10-4-6-12-23(20)28-26(27-17)16-29-24-13-7-5-11-21(24)22-14-18-8-2-3-9-19(18)15-25(22)29;3*1-14-12-8-4-2-6-10(12)11-7-3-5-9-13(11)14;9*1-2/h3*2-15H,16H2,1H3;3*2-9H,1H3;9*1-2H3. The zero-order valence-electron chi connectivity index (χ0n) is 90.6. The van der Waals surface area contributed by atoms with E-state index in [0.717, 1.165) is 67.3 Å². The van der Waals surface area contributed by atoms with Gasteiger partial charge >= 0.3 is 0 Å². The van der Waals surface area contributed by atoms with Crippen molar-refractivity contribution in [1.82, 2.24) is 57.3 Å². The van der Waals surface area contributed by atoms with Gasteiger partial charge in [0.15, 0.2) is 0 Å². The molecule has 0 aliphatic rings. The van der Waals surface area contributed by atoms with Gasteiger partial charge in [-0.05, 0) is 168 Å². The molecule has 0 unspecified atom stereocenters. The minimum atomic E-state index is 0.647. The third kappa shape index (κ3) is 22.7. The van der Waals surface area contributed by atoms with E-state index < -0.39 is 0 Å². The van der Waals surface area contributed by atoms with Gasteiger partial charge in [-0.25, -0.2) is 29.9 Å². The Morgan fingerprint density at radius 3 is 0.701 bits per heavy atom. The van der Waals surface area contributed by atoms with Crippen LogP contribution in [0.3, 0.4) is 0 Å². The first-order chi connectivity index (χ1) is 72.5. The van der Waals surface area contributed by atoms with Crippen molar-refractivity contribution in [3.63, 3.8) is 0 Å². The average Bonchev–Trinajstić information content (AvgIpc) is 1.60. The predicted molar refractivity (Wildman–Crippen MR) is 644 cm³/mol. The smallest absolute Gasteiger partial charge is 0.148 e. The molecule has 0 aliphatic carbocycles. The van der Waals surface area contributed by atoms with E-state index in [1.807, 2.05) is 174 Å². The molecule has 9 heterocycles. The van der Waals surface area contributed by atoms with Crippen molar-refractivity contribution in [1.29, 1.82) is 0 Å². The second-order valence-corrected chi connectivity index (χ2v) is 33.5. The number of para-hydroxylation sites is 13. The Labute approximate surface area is 868 Å². The quantitative estimate of drug-likeness (QED) is 0.164. The van der Waals surface area contributed by atoms with Gasteiger partial charge in [0.05, 0.1) is 75.3 Å². The maximum Gasteiger partial charge on any atom is 0.148 e. The first-order valence-electron chi connectivity index (χ1n) is 53.1. The Kier molecular flexibility index (Phi) is 38.3. The Balaban J connectivity index is 0.000000146. The number of hydrogen-bond donors (Lipinski definition) is 0. The third-order valence-corrected chi connectivity index (χ3v) is 25.8. The van der Waals surface area contributed by atoms with Gasteiger partial charge in [-0.15, -0.1) is 0 Å². The van der Waals surface area contributed by atoms with Crippen molar-refractivity contribution in [3.05, 3.63) is 435 Å². The summed E-state index contributed by atoms with van der Waals surface area (Å²) >= 11 is 0. The Bertz CT molecular complexity index is 8620. The van der Waals surface area contributed by atoms with Crippen LogP contribution < -0.4 is 0 Å². The zero-order valence-corrected chi connectivity index (χ0v) is 90.6. The van der Waals surface area contributed by atoms with Crippen LogP contribution in [0.4, 0.5) is 0 Å². The SMILES string of the molecule is CC.CC.CC.CC.CC.CC.CC.CC.CC.Cc1nc(Cn2c3ccccc3c3cc4ccccc4cc32)c2ccccc2n1.Cc1nc(Cn2c3ccccc3c3cc4ccccc4cc32)nc2ccccc12.Cc1nc2ccccc2nc1Cn1c2ccccc2c2cc3ccccc3cc21.Cn1c2ccccc2c2ccccc21.Cn1c2ccccc2c2ccccc21.Cn1c2ccccc2c2ccccc21. The molecule has 12 nitrogen and oxygen atoms in total. The molecule has 147 heavy (non-hydrogen) atoms. The topological polar surface area (TPSA) is 107 Å². The number of fused-ring (bicyclic) bond motifs is 24. The second kappa shape index (κ2) is 52.2. The number of hydrogen-bond acceptors (Lipinski definition) is 6. The molecule has 27 aromatic rings. The molecule has 18 aromatic carbocycles. The molecule has 12 heteroatoms. The summed E-state index contributed by atoms with van der Waals surface area (Å²) in [6.45, 7) is 44.1. The van der Waals surface area contributed by atoms with E-state index in [1.54, 1.807) is 0 Å². The lowest BCUT2D eigenvalue weighted by Crippen LogP contribution is -2.05. The molecule has 0 N–H and O–H groups in total. The van der Waals surface area contributed by atoms with Crippen LogP contribution in [0.5, 0.6) is 0 Å². The number of benzene rings is 18. The van der Waals surface area contributed by atoms with E-state index in [0.29, 0.717) is 19.6 Å². The molecule has 0 saturated heterocycles. The fraction of sp³-hybridized carbons (Fsp3) is 0.200. The maximum absolute atomic E-state index is 4.94. The molecule has 0 spiro atoms. The second-order valence-electron chi connectivity index (χ2n) is 33.5. The van der Waals surface area contributed by atoms with Gasteiger partial charge < -0.3 is 27.4 Å². The summed E-state index contributed by atoms with van der Waals surface area (Å²) in [6, 6.07) is 141. The largest absolute Gasteiger partial charge is 0.344 e. The molecule has 0 aliphatic heterocycles. The third-order valence-electron chi connectivity index (χ3n) is 25.8. The molecule has 0 atom stereocenters. The van der Waals surface area contributed by atoms with E-state index >= 15 is 0 Å². The number of rotatable bonds is 6. The van der Waals surface area contributed by atoms with Crippen molar-refractivity contribution in [2.75, 3.05) is 0 Å². The van der Waals surface area contributed by atoms with Crippen molar-refractivity contribution in [2.24, 2.45) is 21.1 Å². The van der Waals surface area contributed by atoms with E-state index in [9.17, 15) is 0 Å². The first-order valence-corrected chi connectivity index (χ1v) is 53.1. The van der Waals surface area contributed by atoms with Crippen LogP contribution in [0.25, 0.3) is 196 Å². The highest BCUT2D eigenvalue weighted by Gasteiger charge is 2.20. The summed E-state index contributed by atoms with van der Waals surface area (Å²) in [5, 5.41) is 25.5. The average molecular weight is 1930 g/mol.